The van der Waals surface area contributed by atoms with Crippen LogP contribution in [0.25, 0.3) is 11.3 Å². The van der Waals surface area contributed by atoms with Gasteiger partial charge in [0.05, 0.1) is 41.7 Å². The van der Waals surface area contributed by atoms with Gasteiger partial charge in [-0.3, -0.25) is 0 Å². The Hall–Kier alpha value is -2.96. The van der Waals surface area contributed by atoms with Gasteiger partial charge in [0, 0.05) is 23.6 Å². The molecule has 1 aliphatic heterocycles. The fourth-order valence-electron chi connectivity index (χ4n) is 2.97. The van der Waals surface area contributed by atoms with E-state index in [4.69, 9.17) is 4.74 Å². The minimum atomic E-state index is -4.49. The Labute approximate surface area is 176 Å². The van der Waals surface area contributed by atoms with Gasteiger partial charge in [-0.25, -0.2) is 23.1 Å². The Morgan fingerprint density at radius 2 is 1.94 bits per heavy atom. The van der Waals surface area contributed by atoms with Crippen LogP contribution in [0.5, 0.6) is 0 Å². The molecule has 164 valence electrons. The summed E-state index contributed by atoms with van der Waals surface area (Å²) >= 11 is 0. The first kappa shape index (κ1) is 21.3. The SMILES string of the molecule is CNS(=O)(=O)c1ccc(Nc2ccc(C(F)(F)F)cn2)c(-c2cn(C3COC3)cn2)c1. The smallest absolute Gasteiger partial charge is 0.377 e. The van der Waals surface area contributed by atoms with Crippen LogP contribution in [0.2, 0.25) is 0 Å². The molecule has 0 aliphatic carbocycles. The van der Waals surface area contributed by atoms with Crippen molar-refractivity contribution in [3.63, 3.8) is 0 Å². The van der Waals surface area contributed by atoms with E-state index in [2.05, 4.69) is 20.0 Å². The molecule has 0 spiro atoms. The van der Waals surface area contributed by atoms with Crippen LogP contribution < -0.4 is 10.0 Å². The average Bonchev–Trinajstić information content (AvgIpc) is 3.15. The van der Waals surface area contributed by atoms with Gasteiger partial charge >= 0.3 is 6.18 Å². The molecule has 3 heterocycles. The highest BCUT2D eigenvalue weighted by molar-refractivity contribution is 7.89. The van der Waals surface area contributed by atoms with Gasteiger partial charge in [0.25, 0.3) is 0 Å². The summed E-state index contributed by atoms with van der Waals surface area (Å²) < 4.78 is 72.2. The van der Waals surface area contributed by atoms with Gasteiger partial charge in [-0.05, 0) is 37.4 Å². The molecule has 0 amide bonds. The molecule has 0 radical (unpaired) electrons. The first-order valence-corrected chi connectivity index (χ1v) is 10.6. The predicted molar refractivity (Wildman–Crippen MR) is 106 cm³/mol. The lowest BCUT2D eigenvalue weighted by Gasteiger charge is -2.26. The maximum absolute atomic E-state index is 12.8. The molecular formula is C19H18F3N5O3S. The van der Waals surface area contributed by atoms with Crippen LogP contribution in [-0.4, -0.2) is 43.2 Å². The molecule has 1 aliphatic rings. The second kappa shape index (κ2) is 7.94. The third kappa shape index (κ3) is 4.40. The van der Waals surface area contributed by atoms with Gasteiger partial charge in [-0.2, -0.15) is 13.2 Å². The molecule has 4 rings (SSSR count). The van der Waals surface area contributed by atoms with Crippen LogP contribution in [0.1, 0.15) is 11.6 Å². The molecule has 1 fully saturated rings. The van der Waals surface area contributed by atoms with Gasteiger partial charge < -0.3 is 14.6 Å². The number of nitrogens with one attached hydrogen (secondary N) is 2. The summed E-state index contributed by atoms with van der Waals surface area (Å²) in [5.41, 5.74) is 0.527. The Balaban J connectivity index is 1.72. The Kier molecular flexibility index (Phi) is 5.45. The minimum Gasteiger partial charge on any atom is -0.377 e. The molecule has 0 atom stereocenters. The Morgan fingerprint density at radius 1 is 1.16 bits per heavy atom. The van der Waals surface area contributed by atoms with Crippen LogP contribution in [0.3, 0.4) is 0 Å². The summed E-state index contributed by atoms with van der Waals surface area (Å²) in [6.45, 7) is 1.12. The molecule has 0 bridgehead atoms. The zero-order chi connectivity index (χ0) is 22.2. The number of anilines is 2. The van der Waals surface area contributed by atoms with E-state index in [1.165, 1.54) is 31.3 Å². The van der Waals surface area contributed by atoms with Gasteiger partial charge in [0.2, 0.25) is 10.0 Å². The first-order chi connectivity index (χ1) is 14.7. The lowest BCUT2D eigenvalue weighted by molar-refractivity contribution is -0.137. The number of sulfonamides is 1. The zero-order valence-electron chi connectivity index (χ0n) is 16.2. The topological polar surface area (TPSA) is 98.1 Å². The van der Waals surface area contributed by atoms with Crippen LogP contribution >= 0.6 is 0 Å². The lowest BCUT2D eigenvalue weighted by Crippen LogP contribution is -2.29. The van der Waals surface area contributed by atoms with Crippen molar-refractivity contribution < 1.29 is 26.3 Å². The number of hydrogen-bond donors (Lipinski definition) is 2. The van der Waals surface area contributed by atoms with Gasteiger partial charge in [-0.1, -0.05) is 0 Å². The van der Waals surface area contributed by atoms with E-state index in [1.54, 1.807) is 12.5 Å². The first-order valence-electron chi connectivity index (χ1n) is 9.17. The van der Waals surface area contributed by atoms with Gasteiger partial charge in [0.1, 0.15) is 5.82 Å². The number of benzene rings is 1. The highest BCUT2D eigenvalue weighted by Gasteiger charge is 2.30. The number of alkyl halides is 3. The van der Waals surface area contributed by atoms with Crippen LogP contribution in [-0.2, 0) is 20.9 Å². The average molecular weight is 453 g/mol. The summed E-state index contributed by atoms with van der Waals surface area (Å²) in [6, 6.07) is 6.62. The van der Waals surface area contributed by atoms with Crippen molar-refractivity contribution in [1.82, 2.24) is 19.3 Å². The second-order valence-corrected chi connectivity index (χ2v) is 8.75. The Bertz CT molecular complexity index is 1190. The van der Waals surface area contributed by atoms with Crippen LogP contribution in [0, 0.1) is 0 Å². The van der Waals surface area contributed by atoms with E-state index in [0.717, 1.165) is 12.3 Å². The number of hydrogen-bond acceptors (Lipinski definition) is 6. The van der Waals surface area contributed by atoms with Crippen molar-refractivity contribution in [2.45, 2.75) is 17.1 Å². The molecule has 1 aromatic carbocycles. The molecule has 8 nitrogen and oxygen atoms in total. The maximum atomic E-state index is 12.8. The second-order valence-electron chi connectivity index (χ2n) is 6.87. The normalized spacial score (nSPS) is 15.0. The summed E-state index contributed by atoms with van der Waals surface area (Å²) in [7, 11) is -2.41. The third-order valence-electron chi connectivity index (χ3n) is 4.84. The maximum Gasteiger partial charge on any atom is 0.417 e. The van der Waals surface area contributed by atoms with Gasteiger partial charge in [0.15, 0.2) is 0 Å². The number of ether oxygens (including phenoxy) is 1. The summed E-state index contributed by atoms with van der Waals surface area (Å²) in [4.78, 5) is 8.21. The van der Waals surface area contributed by atoms with E-state index in [9.17, 15) is 21.6 Å². The van der Waals surface area contributed by atoms with E-state index in [-0.39, 0.29) is 16.8 Å². The van der Waals surface area contributed by atoms with Crippen molar-refractivity contribution in [1.29, 1.82) is 0 Å². The number of rotatable bonds is 6. The van der Waals surface area contributed by atoms with E-state index in [1.807, 2.05) is 4.57 Å². The zero-order valence-corrected chi connectivity index (χ0v) is 17.0. The summed E-state index contributed by atoms with van der Waals surface area (Å²) in [6.07, 6.45) is -0.364. The molecule has 31 heavy (non-hydrogen) atoms. The fourth-order valence-corrected chi connectivity index (χ4v) is 3.73. The standard InChI is InChI=1S/C19H18F3N5O3S/c1-23-31(28,29)14-3-4-16(26-18-5-2-12(7-24-18)19(20,21)22)15(6-14)17-8-27(11-25-17)13-9-30-10-13/h2-8,11,13,23H,9-10H2,1H3,(H,24,26). The number of pyridine rings is 1. The van der Waals surface area contributed by atoms with Crippen molar-refractivity contribution in [3.8, 4) is 11.3 Å². The van der Waals surface area contributed by atoms with Gasteiger partial charge in [-0.15, -0.1) is 0 Å². The number of nitrogens with zero attached hydrogens (tertiary/aromatic N) is 3. The molecule has 0 saturated carbocycles. The molecule has 3 aromatic rings. The number of imidazole rings is 1. The lowest BCUT2D eigenvalue weighted by atomic mass is 10.1. The van der Waals surface area contributed by atoms with Crippen LogP contribution in [0.4, 0.5) is 24.7 Å². The molecule has 1 saturated heterocycles. The molecule has 2 aromatic heterocycles. The molecular weight excluding hydrogens is 435 g/mol. The number of halogens is 3. The van der Waals surface area contributed by atoms with E-state index >= 15 is 0 Å². The number of aromatic nitrogens is 3. The van der Waals surface area contributed by atoms with E-state index < -0.39 is 21.8 Å². The monoisotopic (exact) mass is 453 g/mol. The summed E-state index contributed by atoms with van der Waals surface area (Å²) in [5, 5.41) is 2.95. The van der Waals surface area contributed by atoms with Crippen molar-refractivity contribution in [2.75, 3.05) is 25.6 Å². The van der Waals surface area contributed by atoms with E-state index in [0.29, 0.717) is 30.2 Å². The molecule has 2 N–H and O–H groups in total. The molecule has 12 heteroatoms. The molecule has 0 unspecified atom stereocenters. The largest absolute Gasteiger partial charge is 0.417 e. The van der Waals surface area contributed by atoms with Crippen LogP contribution in [0.15, 0.2) is 53.9 Å². The fraction of sp³-hybridized carbons (Fsp3) is 0.263. The predicted octanol–water partition coefficient (Wildman–Crippen LogP) is 3.19. The highest BCUT2D eigenvalue weighted by atomic mass is 32.2. The van der Waals surface area contributed by atoms with Crippen molar-refractivity contribution >= 4 is 21.5 Å². The third-order valence-corrected chi connectivity index (χ3v) is 6.26. The van der Waals surface area contributed by atoms with Crippen molar-refractivity contribution in [2.24, 2.45) is 0 Å². The highest BCUT2D eigenvalue weighted by Crippen LogP contribution is 2.33. The van der Waals surface area contributed by atoms with Crippen molar-refractivity contribution in [3.05, 3.63) is 54.6 Å². The Morgan fingerprint density at radius 3 is 2.52 bits per heavy atom. The quantitative estimate of drug-likeness (QED) is 0.595. The summed E-state index contributed by atoms with van der Waals surface area (Å²) in [5.74, 6) is 0.172. The minimum absolute atomic E-state index is 0.0254.